The smallest absolute Gasteiger partial charge is 0.270 e. The topological polar surface area (TPSA) is 55.2 Å². The van der Waals surface area contributed by atoms with Crippen molar-refractivity contribution < 1.29 is 4.92 Å². The SMILES string of the molecule is C/C=C/CCNCc1ccc([N+](=O)[O-])cc1Cl. The maximum absolute atomic E-state index is 10.5. The van der Waals surface area contributed by atoms with Gasteiger partial charge in [0.1, 0.15) is 0 Å². The van der Waals surface area contributed by atoms with Crippen molar-refractivity contribution in [3.63, 3.8) is 0 Å². The highest BCUT2D eigenvalue weighted by Gasteiger charge is 2.08. The molecule has 1 N–H and O–H groups in total. The van der Waals surface area contributed by atoms with E-state index in [1.165, 1.54) is 12.1 Å². The average Bonchev–Trinajstić information content (AvgIpc) is 2.30. The van der Waals surface area contributed by atoms with E-state index in [1.54, 1.807) is 6.07 Å². The molecule has 0 aliphatic rings. The zero-order valence-corrected chi connectivity index (χ0v) is 10.4. The Morgan fingerprint density at radius 2 is 2.29 bits per heavy atom. The number of halogens is 1. The van der Waals surface area contributed by atoms with Gasteiger partial charge in [0.05, 0.1) is 9.95 Å². The first-order valence-electron chi connectivity index (χ1n) is 5.40. The fraction of sp³-hybridized carbons (Fsp3) is 0.333. The molecule has 1 rings (SSSR count). The monoisotopic (exact) mass is 254 g/mol. The van der Waals surface area contributed by atoms with E-state index in [4.69, 9.17) is 11.6 Å². The first-order chi connectivity index (χ1) is 8.15. The summed E-state index contributed by atoms with van der Waals surface area (Å²) < 4.78 is 0. The molecular weight excluding hydrogens is 240 g/mol. The third-order valence-electron chi connectivity index (χ3n) is 2.29. The number of nitro benzene ring substituents is 1. The Balaban J connectivity index is 2.52. The Morgan fingerprint density at radius 3 is 2.88 bits per heavy atom. The molecule has 0 spiro atoms. The van der Waals surface area contributed by atoms with Gasteiger partial charge < -0.3 is 5.32 Å². The van der Waals surface area contributed by atoms with E-state index in [0.29, 0.717) is 11.6 Å². The standard InChI is InChI=1S/C12H15ClN2O2/c1-2-3-4-7-14-9-10-5-6-11(15(16)17)8-12(10)13/h2-3,5-6,8,14H,4,7,9H2,1H3/b3-2+. The lowest BCUT2D eigenvalue weighted by Crippen LogP contribution is -2.14. The normalized spacial score (nSPS) is 10.9. The highest BCUT2D eigenvalue weighted by Crippen LogP contribution is 2.22. The van der Waals surface area contributed by atoms with Crippen LogP contribution in [-0.4, -0.2) is 11.5 Å². The molecule has 0 unspecified atom stereocenters. The predicted octanol–water partition coefficient (Wildman–Crippen LogP) is 3.30. The summed E-state index contributed by atoms with van der Waals surface area (Å²) in [4.78, 5) is 10.1. The summed E-state index contributed by atoms with van der Waals surface area (Å²) in [6.45, 7) is 3.46. The molecule has 17 heavy (non-hydrogen) atoms. The third-order valence-corrected chi connectivity index (χ3v) is 2.64. The van der Waals surface area contributed by atoms with Crippen molar-refractivity contribution >= 4 is 17.3 Å². The van der Waals surface area contributed by atoms with Crippen LogP contribution in [0.25, 0.3) is 0 Å². The van der Waals surface area contributed by atoms with Crippen molar-refractivity contribution in [1.29, 1.82) is 0 Å². The zero-order chi connectivity index (χ0) is 12.7. The van der Waals surface area contributed by atoms with Crippen LogP contribution in [0.15, 0.2) is 30.4 Å². The number of nitrogens with zero attached hydrogens (tertiary/aromatic N) is 1. The molecule has 4 nitrogen and oxygen atoms in total. The molecule has 0 amide bonds. The Morgan fingerprint density at radius 1 is 1.53 bits per heavy atom. The van der Waals surface area contributed by atoms with Crippen molar-refractivity contribution in [3.8, 4) is 0 Å². The van der Waals surface area contributed by atoms with Gasteiger partial charge in [-0.3, -0.25) is 10.1 Å². The summed E-state index contributed by atoms with van der Waals surface area (Å²) in [5.74, 6) is 0. The lowest BCUT2D eigenvalue weighted by Gasteiger charge is -2.05. The van der Waals surface area contributed by atoms with E-state index in [9.17, 15) is 10.1 Å². The summed E-state index contributed by atoms with van der Waals surface area (Å²) in [7, 11) is 0. The highest BCUT2D eigenvalue weighted by molar-refractivity contribution is 6.31. The summed E-state index contributed by atoms with van der Waals surface area (Å²) in [6.07, 6.45) is 5.03. The van der Waals surface area contributed by atoms with Crippen LogP contribution in [-0.2, 0) is 6.54 Å². The van der Waals surface area contributed by atoms with Gasteiger partial charge in [0.2, 0.25) is 0 Å². The molecule has 0 atom stereocenters. The quantitative estimate of drug-likeness (QED) is 0.367. The molecule has 0 saturated heterocycles. The van der Waals surface area contributed by atoms with Gasteiger partial charge in [0, 0.05) is 18.7 Å². The van der Waals surface area contributed by atoms with Gasteiger partial charge in [0.15, 0.2) is 0 Å². The molecule has 0 aliphatic carbocycles. The zero-order valence-electron chi connectivity index (χ0n) is 9.65. The van der Waals surface area contributed by atoms with E-state index in [-0.39, 0.29) is 5.69 Å². The number of nitro groups is 1. The molecule has 0 saturated carbocycles. The second-order valence-electron chi connectivity index (χ2n) is 3.57. The molecule has 1 aromatic carbocycles. The second-order valence-corrected chi connectivity index (χ2v) is 3.97. The minimum Gasteiger partial charge on any atom is -0.312 e. The number of hydrogen-bond acceptors (Lipinski definition) is 3. The molecule has 0 radical (unpaired) electrons. The van der Waals surface area contributed by atoms with Crippen molar-refractivity contribution in [2.75, 3.05) is 6.54 Å². The number of hydrogen-bond donors (Lipinski definition) is 1. The van der Waals surface area contributed by atoms with Crippen molar-refractivity contribution in [1.82, 2.24) is 5.32 Å². The number of nitrogens with one attached hydrogen (secondary N) is 1. The van der Waals surface area contributed by atoms with Gasteiger partial charge in [-0.2, -0.15) is 0 Å². The molecule has 0 fully saturated rings. The maximum Gasteiger partial charge on any atom is 0.270 e. The molecule has 0 bridgehead atoms. The van der Waals surface area contributed by atoms with Gasteiger partial charge in [-0.15, -0.1) is 0 Å². The number of rotatable bonds is 6. The van der Waals surface area contributed by atoms with Crippen molar-refractivity contribution in [2.24, 2.45) is 0 Å². The average molecular weight is 255 g/mol. The lowest BCUT2D eigenvalue weighted by atomic mass is 10.2. The summed E-state index contributed by atoms with van der Waals surface area (Å²) >= 11 is 5.96. The van der Waals surface area contributed by atoms with E-state index >= 15 is 0 Å². The molecule has 5 heteroatoms. The van der Waals surface area contributed by atoms with Crippen LogP contribution in [0, 0.1) is 10.1 Å². The lowest BCUT2D eigenvalue weighted by molar-refractivity contribution is -0.384. The minimum absolute atomic E-state index is 0.0210. The first-order valence-corrected chi connectivity index (χ1v) is 5.77. The highest BCUT2D eigenvalue weighted by atomic mass is 35.5. The van der Waals surface area contributed by atoms with E-state index < -0.39 is 4.92 Å². The fourth-order valence-electron chi connectivity index (χ4n) is 1.37. The van der Waals surface area contributed by atoms with Crippen LogP contribution in [0.2, 0.25) is 5.02 Å². The maximum atomic E-state index is 10.5. The third kappa shape index (κ3) is 4.54. The van der Waals surface area contributed by atoms with Gasteiger partial charge >= 0.3 is 0 Å². The Bertz CT molecular complexity index is 419. The summed E-state index contributed by atoms with van der Waals surface area (Å²) in [6, 6.07) is 4.53. The largest absolute Gasteiger partial charge is 0.312 e. The molecule has 1 aromatic rings. The Kier molecular flexibility index (Phi) is 5.66. The van der Waals surface area contributed by atoms with E-state index in [2.05, 4.69) is 11.4 Å². The Labute approximate surface area is 105 Å². The first kappa shape index (κ1) is 13.7. The van der Waals surface area contributed by atoms with Gasteiger partial charge in [0.25, 0.3) is 5.69 Å². The number of benzene rings is 1. The molecular formula is C12H15ClN2O2. The predicted molar refractivity (Wildman–Crippen MR) is 69.2 cm³/mol. The van der Waals surface area contributed by atoms with E-state index in [1.807, 2.05) is 13.0 Å². The summed E-state index contributed by atoms with van der Waals surface area (Å²) in [5.41, 5.74) is 0.894. The van der Waals surface area contributed by atoms with Crippen LogP contribution in [0.4, 0.5) is 5.69 Å². The molecule has 0 heterocycles. The second kappa shape index (κ2) is 7.04. The number of non-ortho nitro benzene ring substituents is 1. The van der Waals surface area contributed by atoms with E-state index in [0.717, 1.165) is 18.5 Å². The van der Waals surface area contributed by atoms with Crippen LogP contribution in [0.1, 0.15) is 18.9 Å². The van der Waals surface area contributed by atoms with Crippen LogP contribution < -0.4 is 5.32 Å². The van der Waals surface area contributed by atoms with Crippen LogP contribution >= 0.6 is 11.6 Å². The Hall–Kier alpha value is -1.39. The molecule has 0 aliphatic heterocycles. The van der Waals surface area contributed by atoms with Gasteiger partial charge in [-0.1, -0.05) is 23.8 Å². The van der Waals surface area contributed by atoms with Crippen LogP contribution in [0.3, 0.4) is 0 Å². The van der Waals surface area contributed by atoms with Gasteiger partial charge in [-0.05, 0) is 31.5 Å². The summed E-state index contributed by atoms with van der Waals surface area (Å²) in [5, 5.41) is 14.2. The number of allylic oxidation sites excluding steroid dienone is 1. The van der Waals surface area contributed by atoms with Crippen molar-refractivity contribution in [2.45, 2.75) is 19.9 Å². The fourth-order valence-corrected chi connectivity index (χ4v) is 1.61. The minimum atomic E-state index is -0.449. The van der Waals surface area contributed by atoms with Crippen LogP contribution in [0.5, 0.6) is 0 Å². The van der Waals surface area contributed by atoms with Gasteiger partial charge in [-0.25, -0.2) is 0 Å². The van der Waals surface area contributed by atoms with Crippen molar-refractivity contribution in [3.05, 3.63) is 51.1 Å². The molecule has 0 aromatic heterocycles. The molecule has 92 valence electrons.